The van der Waals surface area contributed by atoms with E-state index in [1.807, 2.05) is 0 Å². The van der Waals surface area contributed by atoms with Crippen LogP contribution < -0.4 is 11.3 Å². The first-order valence-corrected chi connectivity index (χ1v) is 6.58. The highest BCUT2D eigenvalue weighted by Crippen LogP contribution is 2.28. The minimum atomic E-state index is -0.224. The number of nitrogens with one attached hydrogen (secondary N) is 1. The normalized spacial score (nSPS) is 14.6. The van der Waals surface area contributed by atoms with E-state index < -0.39 is 0 Å². The third-order valence-electron chi connectivity index (χ3n) is 2.82. The van der Waals surface area contributed by atoms with Gasteiger partial charge in [-0.25, -0.2) is 4.39 Å². The van der Waals surface area contributed by atoms with Crippen LogP contribution in [-0.2, 0) is 4.74 Å². The van der Waals surface area contributed by atoms with Crippen LogP contribution in [0.5, 0.6) is 0 Å². The average Bonchev–Trinajstić information content (AvgIpc) is 2.30. The highest BCUT2D eigenvalue weighted by atomic mass is 127. The molecule has 0 heterocycles. The van der Waals surface area contributed by atoms with Crippen molar-refractivity contribution < 1.29 is 9.13 Å². The second-order valence-electron chi connectivity index (χ2n) is 4.07. The Bertz CT molecular complexity index is 362. The Balaban J connectivity index is 2.85. The monoisotopic (exact) mass is 352 g/mol. The largest absolute Gasteiger partial charge is 0.385 e. The summed E-state index contributed by atoms with van der Waals surface area (Å²) in [4.78, 5) is 0. The Morgan fingerprint density at radius 2 is 2.24 bits per heavy atom. The molecule has 0 bridgehead atoms. The van der Waals surface area contributed by atoms with Gasteiger partial charge >= 0.3 is 0 Å². The van der Waals surface area contributed by atoms with Crippen molar-refractivity contribution in [3.63, 3.8) is 0 Å². The second kappa shape index (κ2) is 7.25. The van der Waals surface area contributed by atoms with Gasteiger partial charge in [-0.2, -0.15) is 0 Å². The maximum Gasteiger partial charge on any atom is 0.124 e. The van der Waals surface area contributed by atoms with E-state index in [-0.39, 0.29) is 11.9 Å². The van der Waals surface area contributed by atoms with Gasteiger partial charge in [-0.1, -0.05) is 13.0 Å². The molecule has 0 aliphatic heterocycles. The Kier molecular flexibility index (Phi) is 6.32. The fraction of sp³-hybridized carbons (Fsp3) is 0.500. The van der Waals surface area contributed by atoms with Crippen molar-refractivity contribution in [2.24, 2.45) is 11.8 Å². The predicted molar refractivity (Wildman–Crippen MR) is 74.8 cm³/mol. The van der Waals surface area contributed by atoms with E-state index >= 15 is 0 Å². The predicted octanol–water partition coefficient (Wildman–Crippen LogP) is 2.61. The van der Waals surface area contributed by atoms with Crippen LogP contribution >= 0.6 is 22.6 Å². The minimum Gasteiger partial charge on any atom is -0.385 e. The van der Waals surface area contributed by atoms with Gasteiger partial charge in [-0.15, -0.1) is 0 Å². The molecule has 0 saturated carbocycles. The zero-order valence-electron chi connectivity index (χ0n) is 10.0. The van der Waals surface area contributed by atoms with Gasteiger partial charge in [-0.05, 0) is 52.6 Å². The molecule has 0 aromatic heterocycles. The number of halogens is 2. The zero-order valence-corrected chi connectivity index (χ0v) is 12.2. The zero-order chi connectivity index (χ0) is 12.8. The Labute approximate surface area is 115 Å². The van der Waals surface area contributed by atoms with Crippen LogP contribution in [0.4, 0.5) is 4.39 Å². The van der Waals surface area contributed by atoms with Crippen LogP contribution in [0.25, 0.3) is 0 Å². The molecular formula is C12H18FIN2O. The summed E-state index contributed by atoms with van der Waals surface area (Å²) in [5.41, 5.74) is 3.83. The van der Waals surface area contributed by atoms with Crippen molar-refractivity contribution in [2.75, 3.05) is 13.7 Å². The van der Waals surface area contributed by atoms with E-state index in [1.165, 1.54) is 12.1 Å². The Hall–Kier alpha value is -0.240. The van der Waals surface area contributed by atoms with Crippen molar-refractivity contribution in [3.8, 4) is 0 Å². The van der Waals surface area contributed by atoms with Gasteiger partial charge in [0.2, 0.25) is 0 Å². The average molecular weight is 352 g/mol. The van der Waals surface area contributed by atoms with Gasteiger partial charge in [0, 0.05) is 23.3 Å². The number of hydrogen-bond acceptors (Lipinski definition) is 3. The molecule has 5 heteroatoms. The molecule has 0 amide bonds. The lowest BCUT2D eigenvalue weighted by Crippen LogP contribution is -2.33. The highest BCUT2D eigenvalue weighted by molar-refractivity contribution is 14.1. The molecule has 0 aliphatic carbocycles. The lowest BCUT2D eigenvalue weighted by Gasteiger charge is -2.24. The van der Waals surface area contributed by atoms with E-state index in [9.17, 15) is 4.39 Å². The molecule has 1 rings (SSSR count). The molecule has 2 unspecified atom stereocenters. The van der Waals surface area contributed by atoms with Gasteiger partial charge in [0.25, 0.3) is 0 Å². The van der Waals surface area contributed by atoms with Crippen LogP contribution in [0.2, 0.25) is 0 Å². The van der Waals surface area contributed by atoms with Crippen molar-refractivity contribution in [2.45, 2.75) is 19.4 Å². The van der Waals surface area contributed by atoms with Crippen LogP contribution in [0.1, 0.15) is 24.9 Å². The number of nitrogens with two attached hydrogens (primary N) is 1. The van der Waals surface area contributed by atoms with Crippen molar-refractivity contribution in [1.29, 1.82) is 0 Å². The molecule has 0 radical (unpaired) electrons. The summed E-state index contributed by atoms with van der Waals surface area (Å²) >= 11 is 2.13. The second-order valence-corrected chi connectivity index (χ2v) is 5.23. The summed E-state index contributed by atoms with van der Waals surface area (Å²) in [7, 11) is 1.68. The van der Waals surface area contributed by atoms with Crippen LogP contribution in [0.15, 0.2) is 18.2 Å². The molecule has 2 atom stereocenters. The number of hydrazine groups is 1. The molecule has 3 nitrogen and oxygen atoms in total. The number of rotatable bonds is 6. The van der Waals surface area contributed by atoms with Gasteiger partial charge in [0.15, 0.2) is 0 Å². The molecule has 1 aromatic carbocycles. The lowest BCUT2D eigenvalue weighted by atomic mass is 9.93. The van der Waals surface area contributed by atoms with Gasteiger partial charge in [-0.3, -0.25) is 11.3 Å². The maximum atomic E-state index is 13.0. The molecular weight excluding hydrogens is 334 g/mol. The van der Waals surface area contributed by atoms with Gasteiger partial charge in [0.05, 0.1) is 0 Å². The van der Waals surface area contributed by atoms with Crippen molar-refractivity contribution >= 4 is 22.6 Å². The van der Waals surface area contributed by atoms with Crippen molar-refractivity contribution in [1.82, 2.24) is 5.43 Å². The molecule has 1 aromatic rings. The standard InChI is InChI=1S/C12H18FIN2O/c1-8(5-6-17-2)12(16-15)10-4-3-9(13)7-11(10)14/h3-4,7-8,12,16H,5-6,15H2,1-2H3. The summed E-state index contributed by atoms with van der Waals surface area (Å²) in [5, 5.41) is 0. The van der Waals surface area contributed by atoms with E-state index in [4.69, 9.17) is 10.6 Å². The quantitative estimate of drug-likeness (QED) is 0.470. The summed E-state index contributed by atoms with van der Waals surface area (Å²) in [6.45, 7) is 2.79. The fourth-order valence-electron chi connectivity index (χ4n) is 1.78. The van der Waals surface area contributed by atoms with Gasteiger partial charge in [0.1, 0.15) is 5.82 Å². The third kappa shape index (κ3) is 4.17. The van der Waals surface area contributed by atoms with Crippen molar-refractivity contribution in [3.05, 3.63) is 33.1 Å². The number of hydrogen-bond donors (Lipinski definition) is 2. The minimum absolute atomic E-state index is 0.0117. The number of ether oxygens (including phenoxy) is 1. The number of methoxy groups -OCH3 is 1. The number of benzene rings is 1. The summed E-state index contributed by atoms with van der Waals surface area (Å²) in [6.07, 6.45) is 0.902. The smallest absolute Gasteiger partial charge is 0.124 e. The van der Waals surface area contributed by atoms with E-state index in [1.54, 1.807) is 13.2 Å². The SMILES string of the molecule is COCCC(C)C(NN)c1ccc(F)cc1I. The van der Waals surface area contributed by atoms with E-state index in [2.05, 4.69) is 34.9 Å². The van der Waals surface area contributed by atoms with Gasteiger partial charge < -0.3 is 4.74 Å². The van der Waals surface area contributed by atoms with Crippen LogP contribution in [0.3, 0.4) is 0 Å². The molecule has 96 valence electrons. The first-order valence-electron chi connectivity index (χ1n) is 5.50. The topological polar surface area (TPSA) is 47.3 Å². The first kappa shape index (κ1) is 14.8. The molecule has 3 N–H and O–H groups in total. The fourth-order valence-corrected chi connectivity index (χ4v) is 2.60. The molecule has 0 spiro atoms. The lowest BCUT2D eigenvalue weighted by molar-refractivity contribution is 0.170. The van der Waals surface area contributed by atoms with Crippen LogP contribution in [-0.4, -0.2) is 13.7 Å². The third-order valence-corrected chi connectivity index (χ3v) is 3.76. The summed E-state index contributed by atoms with van der Waals surface area (Å²) in [5.74, 6) is 5.69. The first-order chi connectivity index (χ1) is 8.10. The Morgan fingerprint density at radius 1 is 1.53 bits per heavy atom. The van der Waals surface area contributed by atoms with E-state index in [0.29, 0.717) is 12.5 Å². The highest BCUT2D eigenvalue weighted by Gasteiger charge is 2.20. The van der Waals surface area contributed by atoms with Crippen LogP contribution in [0, 0.1) is 15.3 Å². The molecule has 17 heavy (non-hydrogen) atoms. The molecule has 0 aliphatic rings. The Morgan fingerprint density at radius 3 is 2.76 bits per heavy atom. The summed E-state index contributed by atoms with van der Waals surface area (Å²) < 4.78 is 19.0. The summed E-state index contributed by atoms with van der Waals surface area (Å²) in [6, 6.07) is 4.77. The molecule has 0 saturated heterocycles. The molecule has 0 fully saturated rings. The maximum absolute atomic E-state index is 13.0. The van der Waals surface area contributed by atoms with E-state index in [0.717, 1.165) is 15.6 Å².